The molecule has 1 fully saturated rings. The maximum atomic E-state index is 12.7. The molecule has 4 rings (SSSR count). The molecule has 1 aliphatic heterocycles. The number of ether oxygens (including phenoxy) is 1. The highest BCUT2D eigenvalue weighted by Gasteiger charge is 2.22. The molecule has 0 radical (unpaired) electrons. The number of anilines is 1. The van der Waals surface area contributed by atoms with Crippen molar-refractivity contribution < 1.29 is 9.53 Å². The molecule has 1 unspecified atom stereocenters. The molecule has 0 aliphatic carbocycles. The molecule has 2 aromatic carbocycles. The summed E-state index contributed by atoms with van der Waals surface area (Å²) in [5.74, 6) is -0.0644. The minimum atomic E-state index is -0.0644. The lowest BCUT2D eigenvalue weighted by Crippen LogP contribution is -2.46. The third-order valence-electron chi connectivity index (χ3n) is 5.83. The van der Waals surface area contributed by atoms with Gasteiger partial charge in [0, 0.05) is 42.8 Å². The topological polar surface area (TPSA) is 60.6 Å². The van der Waals surface area contributed by atoms with Crippen LogP contribution in [0.4, 0.5) is 5.69 Å². The summed E-state index contributed by atoms with van der Waals surface area (Å²) in [5, 5.41) is 4.14. The highest BCUT2D eigenvalue weighted by Crippen LogP contribution is 2.23. The van der Waals surface area contributed by atoms with E-state index in [-0.39, 0.29) is 12.0 Å². The predicted molar refractivity (Wildman–Crippen MR) is 126 cm³/mol. The van der Waals surface area contributed by atoms with E-state index < -0.39 is 0 Å². The van der Waals surface area contributed by atoms with Gasteiger partial charge in [-0.1, -0.05) is 36.4 Å². The summed E-state index contributed by atoms with van der Waals surface area (Å²) in [5.41, 5.74) is 5.27. The summed E-state index contributed by atoms with van der Waals surface area (Å²) < 4.78 is 5.93. The Balaban J connectivity index is 1.38. The van der Waals surface area contributed by atoms with Crippen molar-refractivity contribution in [2.75, 3.05) is 51.8 Å². The van der Waals surface area contributed by atoms with Crippen molar-refractivity contribution >= 4 is 22.5 Å². The molecule has 1 atom stereocenters. The van der Waals surface area contributed by atoms with Gasteiger partial charge in [0.05, 0.1) is 12.7 Å². The Kier molecular flexibility index (Phi) is 6.59. The smallest absolute Gasteiger partial charge is 0.267 e. The fourth-order valence-corrected chi connectivity index (χ4v) is 4.32. The zero-order valence-corrected chi connectivity index (χ0v) is 18.6. The van der Waals surface area contributed by atoms with E-state index in [0.29, 0.717) is 12.2 Å². The number of benzene rings is 2. The average Bonchev–Trinajstić information content (AvgIpc) is 3.20. The van der Waals surface area contributed by atoms with Crippen molar-refractivity contribution in [3.05, 3.63) is 65.4 Å². The van der Waals surface area contributed by atoms with E-state index in [1.165, 1.54) is 11.3 Å². The van der Waals surface area contributed by atoms with Crippen LogP contribution in [0.1, 0.15) is 21.6 Å². The molecule has 31 heavy (non-hydrogen) atoms. The number of aryl methyl sites for hydroxylation is 1. The van der Waals surface area contributed by atoms with Crippen molar-refractivity contribution in [1.29, 1.82) is 0 Å². The second-order valence-electron chi connectivity index (χ2n) is 8.56. The molecule has 1 aromatic heterocycles. The zero-order chi connectivity index (χ0) is 21.8. The van der Waals surface area contributed by atoms with Gasteiger partial charge in [-0.3, -0.25) is 4.79 Å². The van der Waals surface area contributed by atoms with Gasteiger partial charge in [-0.25, -0.2) is 0 Å². The number of nitrogens with zero attached hydrogens (tertiary/aromatic N) is 2. The molecule has 2 heterocycles. The summed E-state index contributed by atoms with van der Waals surface area (Å²) in [6, 6.07) is 16.5. The SMILES string of the molecule is Cc1cccc2cc(C(=O)NCCc3ccccc3N3CCOC(CN(C)C)C3)[nH]c12. The highest BCUT2D eigenvalue weighted by molar-refractivity contribution is 5.98. The Morgan fingerprint density at radius 3 is 2.87 bits per heavy atom. The van der Waals surface area contributed by atoms with Crippen molar-refractivity contribution in [1.82, 2.24) is 15.2 Å². The van der Waals surface area contributed by atoms with Crippen LogP contribution in [-0.2, 0) is 11.2 Å². The van der Waals surface area contributed by atoms with Crippen molar-refractivity contribution in [3.63, 3.8) is 0 Å². The first kappa shape index (κ1) is 21.4. The van der Waals surface area contributed by atoms with E-state index in [0.717, 1.165) is 49.1 Å². The van der Waals surface area contributed by atoms with Gasteiger partial charge in [-0.05, 0) is 50.7 Å². The van der Waals surface area contributed by atoms with E-state index in [1.54, 1.807) is 0 Å². The predicted octanol–water partition coefficient (Wildman–Crippen LogP) is 3.22. The van der Waals surface area contributed by atoms with E-state index in [1.807, 2.05) is 31.2 Å². The molecule has 0 spiro atoms. The van der Waals surface area contributed by atoms with Crippen molar-refractivity contribution in [3.8, 4) is 0 Å². The molecule has 6 nitrogen and oxygen atoms in total. The molecular formula is C25H32N4O2. The van der Waals surface area contributed by atoms with Gasteiger partial charge in [0.1, 0.15) is 5.69 Å². The van der Waals surface area contributed by atoms with Crippen LogP contribution in [-0.4, -0.2) is 68.8 Å². The molecule has 1 saturated heterocycles. The lowest BCUT2D eigenvalue weighted by Gasteiger charge is -2.36. The minimum Gasteiger partial charge on any atom is -0.373 e. The Hall–Kier alpha value is -2.83. The molecule has 1 amide bonds. The average molecular weight is 421 g/mol. The second-order valence-corrected chi connectivity index (χ2v) is 8.56. The first-order valence-corrected chi connectivity index (χ1v) is 11.0. The lowest BCUT2D eigenvalue weighted by molar-refractivity contribution is 0.0247. The number of carbonyl (C=O) groups excluding carboxylic acids is 1. The number of likely N-dealkylation sites (N-methyl/N-ethyl adjacent to an activating group) is 1. The maximum Gasteiger partial charge on any atom is 0.267 e. The van der Waals surface area contributed by atoms with E-state index in [2.05, 4.69) is 58.5 Å². The number of hydrogen-bond acceptors (Lipinski definition) is 4. The zero-order valence-electron chi connectivity index (χ0n) is 18.6. The van der Waals surface area contributed by atoms with Crippen LogP contribution in [0.15, 0.2) is 48.5 Å². The maximum absolute atomic E-state index is 12.7. The molecule has 164 valence electrons. The van der Waals surface area contributed by atoms with Gasteiger partial charge < -0.3 is 24.8 Å². The standard InChI is InChI=1S/C25H32N4O2/c1-18-7-6-9-20-15-22(27-24(18)20)25(30)26-12-11-19-8-4-5-10-23(19)29-13-14-31-21(17-29)16-28(2)3/h4-10,15,21,27H,11-14,16-17H2,1-3H3,(H,26,30). The number of H-pyrrole nitrogens is 1. The summed E-state index contributed by atoms with van der Waals surface area (Å²) in [6.07, 6.45) is 0.999. The minimum absolute atomic E-state index is 0.0644. The number of aromatic amines is 1. The monoisotopic (exact) mass is 420 g/mol. The molecule has 1 aliphatic rings. The number of nitrogens with one attached hydrogen (secondary N) is 2. The quantitative estimate of drug-likeness (QED) is 0.616. The van der Waals surface area contributed by atoms with Crippen LogP contribution < -0.4 is 10.2 Å². The molecule has 6 heteroatoms. The number of fused-ring (bicyclic) bond motifs is 1. The first-order valence-electron chi connectivity index (χ1n) is 11.0. The molecular weight excluding hydrogens is 388 g/mol. The molecule has 0 saturated carbocycles. The van der Waals surface area contributed by atoms with E-state index in [9.17, 15) is 4.79 Å². The van der Waals surface area contributed by atoms with Gasteiger partial charge in [0.2, 0.25) is 0 Å². The van der Waals surface area contributed by atoms with Gasteiger partial charge in [-0.15, -0.1) is 0 Å². The molecule has 3 aromatic rings. The van der Waals surface area contributed by atoms with E-state index in [4.69, 9.17) is 4.74 Å². The third kappa shape index (κ3) is 5.09. The third-order valence-corrected chi connectivity index (χ3v) is 5.83. The van der Waals surface area contributed by atoms with Crippen LogP contribution in [0.2, 0.25) is 0 Å². The Morgan fingerprint density at radius 2 is 2.06 bits per heavy atom. The van der Waals surface area contributed by atoms with Crippen molar-refractivity contribution in [2.24, 2.45) is 0 Å². The van der Waals surface area contributed by atoms with Gasteiger partial charge >= 0.3 is 0 Å². The normalized spacial score (nSPS) is 16.8. The fourth-order valence-electron chi connectivity index (χ4n) is 4.32. The first-order chi connectivity index (χ1) is 15.0. The lowest BCUT2D eigenvalue weighted by atomic mass is 10.1. The van der Waals surface area contributed by atoms with Gasteiger partial charge in [0.15, 0.2) is 0 Å². The molecule has 0 bridgehead atoms. The number of morpholine rings is 1. The number of aromatic nitrogens is 1. The second kappa shape index (κ2) is 9.54. The van der Waals surface area contributed by atoms with Gasteiger partial charge in [0.25, 0.3) is 5.91 Å². The van der Waals surface area contributed by atoms with Crippen LogP contribution in [0.25, 0.3) is 10.9 Å². The number of para-hydroxylation sites is 2. The van der Waals surface area contributed by atoms with Crippen LogP contribution >= 0.6 is 0 Å². The van der Waals surface area contributed by atoms with Crippen LogP contribution in [0.3, 0.4) is 0 Å². The largest absolute Gasteiger partial charge is 0.373 e. The summed E-state index contributed by atoms with van der Waals surface area (Å²) in [4.78, 5) is 20.5. The van der Waals surface area contributed by atoms with Gasteiger partial charge in [-0.2, -0.15) is 0 Å². The number of hydrogen-bond donors (Lipinski definition) is 2. The Morgan fingerprint density at radius 1 is 1.23 bits per heavy atom. The Labute approximate surface area is 184 Å². The van der Waals surface area contributed by atoms with Crippen LogP contribution in [0, 0.1) is 6.92 Å². The summed E-state index contributed by atoms with van der Waals surface area (Å²) in [6.45, 7) is 6.07. The van der Waals surface area contributed by atoms with Crippen LogP contribution in [0.5, 0.6) is 0 Å². The number of amides is 1. The number of rotatable bonds is 7. The fraction of sp³-hybridized carbons (Fsp3) is 0.400. The summed E-state index contributed by atoms with van der Waals surface area (Å²) >= 11 is 0. The van der Waals surface area contributed by atoms with Crippen molar-refractivity contribution in [2.45, 2.75) is 19.4 Å². The summed E-state index contributed by atoms with van der Waals surface area (Å²) in [7, 11) is 4.15. The highest BCUT2D eigenvalue weighted by atomic mass is 16.5. The van der Waals surface area contributed by atoms with E-state index >= 15 is 0 Å². The molecule has 2 N–H and O–H groups in total. The number of carbonyl (C=O) groups is 1. The Bertz CT molecular complexity index is 1040.